The first-order chi connectivity index (χ1) is 9.11. The Morgan fingerprint density at radius 2 is 1.95 bits per heavy atom. The molecule has 1 atom stereocenters. The van der Waals surface area contributed by atoms with Gasteiger partial charge in [0.1, 0.15) is 0 Å². The Labute approximate surface area is 123 Å². The van der Waals surface area contributed by atoms with E-state index in [-0.39, 0.29) is 22.2 Å². The fraction of sp³-hybridized carbons (Fsp3) is 0.429. The highest BCUT2D eigenvalue weighted by Crippen LogP contribution is 2.23. The van der Waals surface area contributed by atoms with E-state index >= 15 is 0 Å². The Hall–Kier alpha value is -1.75. The predicted molar refractivity (Wildman–Crippen MR) is 78.6 cm³/mol. The normalized spacial score (nSPS) is 12.7. The van der Waals surface area contributed by atoms with E-state index in [1.165, 1.54) is 13.0 Å². The summed E-state index contributed by atoms with van der Waals surface area (Å²) in [4.78, 5) is 23.8. The van der Waals surface area contributed by atoms with Crippen LogP contribution >= 0.6 is 11.6 Å². The van der Waals surface area contributed by atoms with Crippen LogP contribution in [0.1, 0.15) is 38.1 Å². The maximum Gasteiger partial charge on any atom is 0.341 e. The number of para-hydroxylation sites is 1. The topological polar surface area (TPSA) is 81.4 Å². The van der Waals surface area contributed by atoms with Crippen LogP contribution in [0.4, 0.5) is 5.69 Å². The van der Waals surface area contributed by atoms with Crippen molar-refractivity contribution in [1.82, 2.24) is 5.32 Å². The van der Waals surface area contributed by atoms with Gasteiger partial charge in [0.05, 0.1) is 16.3 Å². The molecule has 0 bridgehead atoms. The standard InChI is InChI=1S/C14H19ClN2O3/c1-8(12(18)17-14(2,3)4)20-13(19)9-6-5-7-10(15)11(9)16/h5-8H,16H2,1-4H3,(H,17,18)/t8-/m0/s1. The number of hydrogen-bond donors (Lipinski definition) is 2. The number of halogens is 1. The Kier molecular flexibility index (Phi) is 5.00. The predicted octanol–water partition coefficient (Wildman–Crippen LogP) is 2.38. The number of nitrogens with one attached hydrogen (secondary N) is 1. The highest BCUT2D eigenvalue weighted by Gasteiger charge is 2.23. The van der Waals surface area contributed by atoms with Crippen LogP contribution < -0.4 is 11.1 Å². The van der Waals surface area contributed by atoms with Gasteiger partial charge in [0.2, 0.25) is 0 Å². The number of carbonyl (C=O) groups excluding carboxylic acids is 2. The molecule has 1 aromatic rings. The molecule has 0 aliphatic heterocycles. The number of benzene rings is 1. The first-order valence-electron chi connectivity index (χ1n) is 6.19. The van der Waals surface area contributed by atoms with Gasteiger partial charge in [0.15, 0.2) is 6.10 Å². The van der Waals surface area contributed by atoms with Gasteiger partial charge < -0.3 is 15.8 Å². The van der Waals surface area contributed by atoms with Crippen molar-refractivity contribution in [2.24, 2.45) is 0 Å². The molecule has 0 aromatic heterocycles. The molecule has 20 heavy (non-hydrogen) atoms. The van der Waals surface area contributed by atoms with Gasteiger partial charge in [-0.2, -0.15) is 0 Å². The fourth-order valence-electron chi connectivity index (χ4n) is 1.46. The molecule has 1 rings (SSSR count). The number of hydrogen-bond acceptors (Lipinski definition) is 4. The molecule has 0 aliphatic carbocycles. The average molecular weight is 299 g/mol. The minimum absolute atomic E-state index is 0.141. The van der Waals surface area contributed by atoms with Gasteiger partial charge >= 0.3 is 5.97 Å². The van der Waals surface area contributed by atoms with Crippen molar-refractivity contribution in [2.45, 2.75) is 39.3 Å². The number of rotatable bonds is 3. The number of esters is 1. The van der Waals surface area contributed by atoms with Gasteiger partial charge in [-0.05, 0) is 39.8 Å². The van der Waals surface area contributed by atoms with Crippen LogP contribution in [-0.2, 0) is 9.53 Å². The van der Waals surface area contributed by atoms with Gasteiger partial charge in [0, 0.05) is 5.54 Å². The molecule has 0 aliphatic rings. The molecule has 0 heterocycles. The van der Waals surface area contributed by atoms with E-state index in [0.29, 0.717) is 0 Å². The largest absolute Gasteiger partial charge is 0.449 e. The van der Waals surface area contributed by atoms with Crippen molar-refractivity contribution in [3.05, 3.63) is 28.8 Å². The maximum absolute atomic E-state index is 12.0. The van der Waals surface area contributed by atoms with Crippen molar-refractivity contribution in [1.29, 1.82) is 0 Å². The molecular formula is C14H19ClN2O3. The summed E-state index contributed by atoms with van der Waals surface area (Å²) >= 11 is 5.83. The van der Waals surface area contributed by atoms with Crippen molar-refractivity contribution in [3.63, 3.8) is 0 Å². The van der Waals surface area contributed by atoms with E-state index in [4.69, 9.17) is 22.1 Å². The summed E-state index contributed by atoms with van der Waals surface area (Å²) in [7, 11) is 0. The third kappa shape index (κ3) is 4.42. The minimum Gasteiger partial charge on any atom is -0.449 e. The molecule has 0 saturated heterocycles. The molecule has 6 heteroatoms. The molecule has 1 aromatic carbocycles. The molecule has 110 valence electrons. The Morgan fingerprint density at radius 3 is 2.50 bits per heavy atom. The fourth-order valence-corrected chi connectivity index (χ4v) is 1.64. The zero-order chi connectivity index (χ0) is 15.5. The monoisotopic (exact) mass is 298 g/mol. The van der Waals surface area contributed by atoms with Crippen molar-refractivity contribution < 1.29 is 14.3 Å². The van der Waals surface area contributed by atoms with Crippen molar-refractivity contribution >= 4 is 29.2 Å². The van der Waals surface area contributed by atoms with Crippen LogP contribution in [0.15, 0.2) is 18.2 Å². The summed E-state index contributed by atoms with van der Waals surface area (Å²) < 4.78 is 5.09. The molecule has 0 unspecified atom stereocenters. The van der Waals surface area contributed by atoms with Gasteiger partial charge in [-0.25, -0.2) is 4.79 Å². The lowest BCUT2D eigenvalue weighted by atomic mass is 10.1. The average Bonchev–Trinajstić information content (AvgIpc) is 2.30. The van der Waals surface area contributed by atoms with Crippen LogP contribution in [-0.4, -0.2) is 23.5 Å². The lowest BCUT2D eigenvalue weighted by molar-refractivity contribution is -0.130. The molecule has 0 saturated carbocycles. The van der Waals surface area contributed by atoms with Gasteiger partial charge in [0.25, 0.3) is 5.91 Å². The van der Waals surface area contributed by atoms with E-state index < -0.39 is 17.6 Å². The Balaban J connectivity index is 2.76. The SMILES string of the molecule is C[C@H](OC(=O)c1cccc(Cl)c1N)C(=O)NC(C)(C)C. The summed E-state index contributed by atoms with van der Waals surface area (Å²) in [5.41, 5.74) is 5.60. The quantitative estimate of drug-likeness (QED) is 0.663. The van der Waals surface area contributed by atoms with Crippen LogP contribution in [0, 0.1) is 0 Å². The van der Waals surface area contributed by atoms with Crippen LogP contribution in [0.25, 0.3) is 0 Å². The van der Waals surface area contributed by atoms with Gasteiger partial charge in [-0.3, -0.25) is 4.79 Å². The van der Waals surface area contributed by atoms with Crippen molar-refractivity contribution in [3.8, 4) is 0 Å². The second-order valence-corrected chi connectivity index (χ2v) is 5.90. The van der Waals surface area contributed by atoms with Crippen molar-refractivity contribution in [2.75, 3.05) is 5.73 Å². The summed E-state index contributed by atoms with van der Waals surface area (Å²) in [6.45, 7) is 7.02. The van der Waals surface area contributed by atoms with Gasteiger partial charge in [-0.1, -0.05) is 17.7 Å². The second kappa shape index (κ2) is 6.13. The highest BCUT2D eigenvalue weighted by molar-refractivity contribution is 6.33. The van der Waals surface area contributed by atoms with E-state index in [1.807, 2.05) is 20.8 Å². The molecule has 3 N–H and O–H groups in total. The molecule has 0 radical (unpaired) electrons. The van der Waals surface area contributed by atoms with E-state index in [0.717, 1.165) is 0 Å². The maximum atomic E-state index is 12.0. The Morgan fingerprint density at radius 1 is 1.35 bits per heavy atom. The van der Waals surface area contributed by atoms with Crippen LogP contribution in [0.5, 0.6) is 0 Å². The lowest BCUT2D eigenvalue weighted by Gasteiger charge is -2.23. The third-order valence-electron chi connectivity index (χ3n) is 2.42. The smallest absolute Gasteiger partial charge is 0.341 e. The zero-order valence-corrected chi connectivity index (χ0v) is 12.7. The van der Waals surface area contributed by atoms with Crippen LogP contribution in [0.3, 0.4) is 0 Å². The number of nitrogen functional groups attached to an aromatic ring is 1. The number of anilines is 1. The highest BCUT2D eigenvalue weighted by atomic mass is 35.5. The second-order valence-electron chi connectivity index (χ2n) is 5.49. The molecular weight excluding hydrogens is 280 g/mol. The number of nitrogens with two attached hydrogens (primary N) is 1. The summed E-state index contributed by atoms with van der Waals surface area (Å²) in [6.07, 6.45) is -0.917. The van der Waals surface area contributed by atoms with Crippen LogP contribution in [0.2, 0.25) is 5.02 Å². The first kappa shape index (κ1) is 16.3. The van der Waals surface area contributed by atoms with E-state index in [2.05, 4.69) is 5.32 Å². The minimum atomic E-state index is -0.917. The summed E-state index contributed by atoms with van der Waals surface area (Å²) in [6, 6.07) is 4.66. The summed E-state index contributed by atoms with van der Waals surface area (Å²) in [5.74, 6) is -1.05. The van der Waals surface area contributed by atoms with E-state index in [9.17, 15) is 9.59 Å². The number of ether oxygens (including phenoxy) is 1. The Bertz CT molecular complexity index is 524. The molecule has 1 amide bonds. The first-order valence-corrected chi connectivity index (χ1v) is 6.56. The van der Waals surface area contributed by atoms with E-state index in [1.54, 1.807) is 12.1 Å². The number of carbonyl (C=O) groups is 2. The summed E-state index contributed by atoms with van der Waals surface area (Å²) in [5, 5.41) is 3.00. The molecule has 5 nitrogen and oxygen atoms in total. The van der Waals surface area contributed by atoms with Gasteiger partial charge in [-0.15, -0.1) is 0 Å². The molecule has 0 spiro atoms. The zero-order valence-electron chi connectivity index (χ0n) is 12.0. The lowest BCUT2D eigenvalue weighted by Crippen LogP contribution is -2.46. The molecule has 0 fully saturated rings. The third-order valence-corrected chi connectivity index (χ3v) is 2.75. The number of amides is 1.